The maximum Gasteiger partial charge on any atom is 0.255 e. The monoisotopic (exact) mass is 233 g/mol. The molecule has 0 saturated carbocycles. The Morgan fingerprint density at radius 3 is 2.41 bits per heavy atom. The zero-order chi connectivity index (χ0) is 12.8. The molecule has 1 aromatic carbocycles. The van der Waals surface area contributed by atoms with Gasteiger partial charge in [-0.25, -0.2) is 0 Å². The molecule has 0 saturated heterocycles. The van der Waals surface area contributed by atoms with Crippen LogP contribution in [0.25, 0.3) is 0 Å². The van der Waals surface area contributed by atoms with Crippen LogP contribution < -0.4 is 5.32 Å². The summed E-state index contributed by atoms with van der Waals surface area (Å²) in [6.45, 7) is 3.18. The predicted octanol–water partition coefficient (Wildman–Crippen LogP) is 2.20. The number of Topliss-reactive ketones (excluding diaryl/α,β-unsaturated/α-hetero) is 2. The summed E-state index contributed by atoms with van der Waals surface area (Å²) in [5, 5.41) is 2.68. The van der Waals surface area contributed by atoms with Crippen LogP contribution in [0.5, 0.6) is 0 Å². The number of hydrogen-bond acceptors (Lipinski definition) is 3. The molecule has 1 aliphatic rings. The van der Waals surface area contributed by atoms with E-state index in [2.05, 4.69) is 5.32 Å². The van der Waals surface area contributed by atoms with E-state index in [1.54, 1.807) is 6.07 Å². The molecule has 1 amide bonds. The molecule has 1 N–H and O–H groups in total. The number of carbonyl (C=O) groups excluding carboxylic acids is 3. The van der Waals surface area contributed by atoms with E-state index in [1.165, 1.54) is 6.92 Å². The molecule has 2 rings (SSSR count). The Morgan fingerprint density at radius 1 is 1.29 bits per heavy atom. The van der Waals surface area contributed by atoms with Gasteiger partial charge in [-0.3, -0.25) is 14.4 Å². The number of amides is 1. The van der Waals surface area contributed by atoms with Gasteiger partial charge in [0.2, 0.25) is 0 Å². The summed E-state index contributed by atoms with van der Waals surface area (Å²) in [6.07, 6.45) is 1.16. The Morgan fingerprint density at radius 2 is 2.00 bits per heavy atom. The number of benzene rings is 1. The molecule has 4 heteroatoms. The lowest BCUT2D eigenvalue weighted by Crippen LogP contribution is -2.07. The van der Waals surface area contributed by atoms with Gasteiger partial charge < -0.3 is 5.32 Å². The fourth-order valence-corrected chi connectivity index (χ4v) is 1.34. The number of rotatable bonds is 3. The van der Waals surface area contributed by atoms with Crippen molar-refractivity contribution in [3.63, 3.8) is 0 Å². The highest BCUT2D eigenvalue weighted by Crippen LogP contribution is 2.17. The van der Waals surface area contributed by atoms with E-state index in [1.807, 2.05) is 25.1 Å². The van der Waals surface area contributed by atoms with Crippen LogP contribution in [0.1, 0.15) is 37.0 Å². The quantitative estimate of drug-likeness (QED) is 0.814. The van der Waals surface area contributed by atoms with Gasteiger partial charge in [0.15, 0.2) is 11.6 Å². The molecule has 1 aliphatic heterocycles. The van der Waals surface area contributed by atoms with Crippen molar-refractivity contribution in [2.45, 2.75) is 26.7 Å². The second-order valence-corrected chi connectivity index (χ2v) is 3.76. The van der Waals surface area contributed by atoms with Crippen molar-refractivity contribution < 1.29 is 14.4 Å². The fraction of sp³-hybridized carbons (Fsp3) is 0.308. The van der Waals surface area contributed by atoms with Gasteiger partial charge >= 0.3 is 0 Å². The lowest BCUT2D eigenvalue weighted by Gasteiger charge is -1.87. The highest BCUT2D eigenvalue weighted by atomic mass is 16.2. The summed E-state index contributed by atoms with van der Waals surface area (Å²) in [7, 11) is 0. The van der Waals surface area contributed by atoms with Crippen LogP contribution in [0.15, 0.2) is 24.3 Å². The summed E-state index contributed by atoms with van der Waals surface area (Å²) in [5.74, 6) is -0.575. The first kappa shape index (κ1) is 13.1. The van der Waals surface area contributed by atoms with Gasteiger partial charge in [0, 0.05) is 24.6 Å². The SMILES string of the molecule is CCCC(=O)C(C)=O.O=C1Nc2cccc1c2. The van der Waals surface area contributed by atoms with Crippen molar-refractivity contribution >= 4 is 23.2 Å². The number of anilines is 1. The molecule has 1 heterocycles. The van der Waals surface area contributed by atoms with Gasteiger partial charge in [0.25, 0.3) is 5.91 Å². The average molecular weight is 233 g/mol. The first-order valence-corrected chi connectivity index (χ1v) is 5.49. The highest BCUT2D eigenvalue weighted by molar-refractivity contribution is 6.36. The second kappa shape index (κ2) is 5.94. The maximum atomic E-state index is 10.8. The van der Waals surface area contributed by atoms with Gasteiger partial charge in [-0.05, 0) is 24.6 Å². The van der Waals surface area contributed by atoms with Crippen molar-refractivity contribution in [3.8, 4) is 0 Å². The van der Waals surface area contributed by atoms with Crippen LogP contribution in [0.4, 0.5) is 5.69 Å². The third-order valence-corrected chi connectivity index (χ3v) is 2.25. The van der Waals surface area contributed by atoms with E-state index in [9.17, 15) is 14.4 Å². The zero-order valence-corrected chi connectivity index (χ0v) is 9.95. The van der Waals surface area contributed by atoms with E-state index in [4.69, 9.17) is 0 Å². The van der Waals surface area contributed by atoms with Gasteiger partial charge in [-0.15, -0.1) is 0 Å². The van der Waals surface area contributed by atoms with Gasteiger partial charge in [-0.1, -0.05) is 13.0 Å². The van der Waals surface area contributed by atoms with Crippen molar-refractivity contribution in [3.05, 3.63) is 29.8 Å². The number of hydrogen-bond donors (Lipinski definition) is 1. The molecule has 4 nitrogen and oxygen atoms in total. The minimum atomic E-state index is -0.327. The van der Waals surface area contributed by atoms with E-state index < -0.39 is 0 Å². The Balaban J connectivity index is 0.000000172. The lowest BCUT2D eigenvalue weighted by atomic mass is 10.2. The van der Waals surface area contributed by atoms with Crippen LogP contribution in [-0.4, -0.2) is 17.5 Å². The molecule has 0 atom stereocenters. The minimum absolute atomic E-state index is 0.00926. The third kappa shape index (κ3) is 3.83. The first-order valence-electron chi connectivity index (χ1n) is 5.49. The summed E-state index contributed by atoms with van der Waals surface area (Å²) in [6, 6.07) is 7.37. The summed E-state index contributed by atoms with van der Waals surface area (Å²) in [5.41, 5.74) is 1.66. The van der Waals surface area contributed by atoms with Crippen LogP contribution in [0, 0.1) is 0 Å². The van der Waals surface area contributed by atoms with Crippen molar-refractivity contribution in [2.24, 2.45) is 0 Å². The molecule has 2 bridgehead atoms. The number of ketones is 2. The van der Waals surface area contributed by atoms with Gasteiger partial charge in [0.1, 0.15) is 0 Å². The predicted molar refractivity (Wildman–Crippen MR) is 65.0 cm³/mol. The molecule has 0 aromatic heterocycles. The fourth-order valence-electron chi connectivity index (χ4n) is 1.34. The molecule has 0 unspecified atom stereocenters. The Labute approximate surface area is 100 Å². The largest absolute Gasteiger partial charge is 0.322 e. The molecule has 1 aromatic rings. The Hall–Kier alpha value is -1.97. The van der Waals surface area contributed by atoms with Crippen LogP contribution in [0.2, 0.25) is 0 Å². The number of carbonyl (C=O) groups is 3. The van der Waals surface area contributed by atoms with E-state index >= 15 is 0 Å². The van der Waals surface area contributed by atoms with E-state index in [-0.39, 0.29) is 17.5 Å². The maximum absolute atomic E-state index is 10.8. The van der Waals surface area contributed by atoms with Gasteiger partial charge in [0.05, 0.1) is 0 Å². The third-order valence-electron chi connectivity index (χ3n) is 2.25. The van der Waals surface area contributed by atoms with Crippen molar-refractivity contribution in [1.82, 2.24) is 0 Å². The van der Waals surface area contributed by atoms with E-state index in [0.29, 0.717) is 6.42 Å². The molecular weight excluding hydrogens is 218 g/mol. The highest BCUT2D eigenvalue weighted by Gasteiger charge is 2.12. The smallest absolute Gasteiger partial charge is 0.255 e. The molecular formula is C13H15NO3. The first-order chi connectivity index (χ1) is 8.04. The normalized spacial score (nSPS) is 11.3. The Bertz CT molecular complexity index is 452. The molecule has 90 valence electrons. The van der Waals surface area contributed by atoms with Gasteiger partial charge in [-0.2, -0.15) is 0 Å². The van der Waals surface area contributed by atoms with Crippen LogP contribution in [0.3, 0.4) is 0 Å². The summed E-state index contributed by atoms with van der Waals surface area (Å²) < 4.78 is 0. The van der Waals surface area contributed by atoms with Crippen molar-refractivity contribution in [2.75, 3.05) is 5.32 Å². The topological polar surface area (TPSA) is 63.2 Å². The summed E-state index contributed by atoms with van der Waals surface area (Å²) in [4.78, 5) is 31.4. The van der Waals surface area contributed by atoms with Crippen LogP contribution in [-0.2, 0) is 9.59 Å². The Kier molecular flexibility index (Phi) is 4.57. The number of nitrogens with one attached hydrogen (secondary N) is 1. The van der Waals surface area contributed by atoms with E-state index in [0.717, 1.165) is 17.7 Å². The minimum Gasteiger partial charge on any atom is -0.322 e. The molecule has 17 heavy (non-hydrogen) atoms. The average Bonchev–Trinajstić information content (AvgIpc) is 2.54. The lowest BCUT2D eigenvalue weighted by molar-refractivity contribution is -0.135. The molecule has 0 aliphatic carbocycles. The standard InChI is InChI=1S/C7H5NO.C6H10O2/c9-7-5-2-1-3-6(4-5)8-7;1-3-4-6(8)5(2)7/h1-4H,(H,8,9);3-4H2,1-2H3. The molecule has 0 spiro atoms. The molecule has 0 radical (unpaired) electrons. The second-order valence-electron chi connectivity index (χ2n) is 3.76. The zero-order valence-electron chi connectivity index (χ0n) is 9.95. The van der Waals surface area contributed by atoms with Crippen LogP contribution >= 0.6 is 0 Å². The summed E-state index contributed by atoms with van der Waals surface area (Å²) >= 11 is 0. The number of fused-ring (bicyclic) bond motifs is 2. The van der Waals surface area contributed by atoms with Crippen molar-refractivity contribution in [1.29, 1.82) is 0 Å². The molecule has 0 fully saturated rings.